The van der Waals surface area contributed by atoms with Crippen LogP contribution in [-0.2, 0) is 13.6 Å². The van der Waals surface area contributed by atoms with E-state index in [1.165, 1.54) is 5.69 Å². The third kappa shape index (κ3) is 6.11. The van der Waals surface area contributed by atoms with Crippen LogP contribution in [0.3, 0.4) is 0 Å². The van der Waals surface area contributed by atoms with Crippen molar-refractivity contribution in [2.75, 3.05) is 26.7 Å². The summed E-state index contributed by atoms with van der Waals surface area (Å²) in [6.45, 7) is 6.05. The molecule has 2 rings (SSSR count). The monoisotopic (exact) mass is 358 g/mol. The van der Waals surface area contributed by atoms with Crippen molar-refractivity contribution < 1.29 is 9.84 Å². The van der Waals surface area contributed by atoms with Crippen LogP contribution in [0.5, 0.6) is 5.75 Å². The Bertz CT molecular complexity index is 711. The van der Waals surface area contributed by atoms with Crippen LogP contribution in [0.2, 0.25) is 0 Å². The van der Waals surface area contributed by atoms with Crippen LogP contribution in [0.4, 0.5) is 0 Å². The van der Waals surface area contributed by atoms with E-state index in [9.17, 15) is 5.11 Å². The number of aryl methyl sites for hydroxylation is 2. The highest BCUT2D eigenvalue weighted by molar-refractivity contribution is 5.79. The number of rotatable bonds is 8. The van der Waals surface area contributed by atoms with Gasteiger partial charge in [-0.1, -0.05) is 12.1 Å². The third-order valence-corrected chi connectivity index (χ3v) is 4.03. The standard InChI is InChI=1S/C20H30N4O2/c1-5-21-20(24(4)14-17-9-7-11-23(17)3)22-13-18(25)15-26-19-10-6-8-16(2)12-19/h6-12,18,25H,5,13-15H2,1-4H3,(H,21,22). The highest BCUT2D eigenvalue weighted by Crippen LogP contribution is 2.12. The predicted octanol–water partition coefficient (Wildman–Crippen LogP) is 2.17. The fourth-order valence-corrected chi connectivity index (χ4v) is 2.59. The maximum absolute atomic E-state index is 10.2. The molecule has 1 atom stereocenters. The third-order valence-electron chi connectivity index (χ3n) is 4.03. The lowest BCUT2D eigenvalue weighted by Gasteiger charge is -2.23. The molecule has 0 aliphatic carbocycles. The molecule has 1 heterocycles. The van der Waals surface area contributed by atoms with E-state index in [1.807, 2.05) is 69.4 Å². The average Bonchev–Trinajstić information content (AvgIpc) is 3.01. The van der Waals surface area contributed by atoms with Crippen LogP contribution in [0, 0.1) is 6.92 Å². The molecule has 1 aromatic carbocycles. The summed E-state index contributed by atoms with van der Waals surface area (Å²) in [7, 11) is 4.02. The summed E-state index contributed by atoms with van der Waals surface area (Å²) in [6, 6.07) is 11.9. The summed E-state index contributed by atoms with van der Waals surface area (Å²) in [5.41, 5.74) is 2.33. The molecule has 2 aromatic rings. The molecule has 0 saturated carbocycles. The summed E-state index contributed by atoms with van der Waals surface area (Å²) >= 11 is 0. The number of ether oxygens (including phenoxy) is 1. The molecule has 0 saturated heterocycles. The number of aliphatic hydroxyl groups excluding tert-OH is 1. The molecule has 1 unspecified atom stereocenters. The highest BCUT2D eigenvalue weighted by atomic mass is 16.5. The minimum Gasteiger partial charge on any atom is -0.491 e. The highest BCUT2D eigenvalue weighted by Gasteiger charge is 2.10. The number of aliphatic imine (C=N–C) groups is 1. The van der Waals surface area contributed by atoms with E-state index in [-0.39, 0.29) is 13.2 Å². The Hall–Kier alpha value is -2.47. The fourth-order valence-electron chi connectivity index (χ4n) is 2.59. The minimum absolute atomic E-state index is 0.216. The van der Waals surface area contributed by atoms with E-state index in [4.69, 9.17) is 4.74 Å². The lowest BCUT2D eigenvalue weighted by molar-refractivity contribution is 0.114. The molecule has 0 aliphatic rings. The molecule has 1 aromatic heterocycles. The first-order chi connectivity index (χ1) is 12.5. The zero-order chi connectivity index (χ0) is 18.9. The first-order valence-corrected chi connectivity index (χ1v) is 8.96. The van der Waals surface area contributed by atoms with Crippen molar-refractivity contribution in [2.24, 2.45) is 12.0 Å². The van der Waals surface area contributed by atoms with Crippen LogP contribution in [0.15, 0.2) is 47.6 Å². The lowest BCUT2D eigenvalue weighted by Crippen LogP contribution is -2.39. The van der Waals surface area contributed by atoms with Gasteiger partial charge in [0.05, 0.1) is 13.1 Å². The molecule has 26 heavy (non-hydrogen) atoms. The van der Waals surface area contributed by atoms with Crippen molar-refractivity contribution in [3.8, 4) is 5.75 Å². The van der Waals surface area contributed by atoms with Crippen molar-refractivity contribution in [2.45, 2.75) is 26.5 Å². The van der Waals surface area contributed by atoms with Gasteiger partial charge in [-0.2, -0.15) is 0 Å². The smallest absolute Gasteiger partial charge is 0.194 e. The number of hydrogen-bond acceptors (Lipinski definition) is 3. The SMILES string of the molecule is CCNC(=NCC(O)COc1cccc(C)c1)N(C)Cc1cccn1C. The van der Waals surface area contributed by atoms with E-state index in [1.54, 1.807) is 0 Å². The number of nitrogens with zero attached hydrogens (tertiary/aromatic N) is 3. The molecule has 6 heteroatoms. The largest absolute Gasteiger partial charge is 0.491 e. The predicted molar refractivity (Wildman–Crippen MR) is 106 cm³/mol. The lowest BCUT2D eigenvalue weighted by atomic mass is 10.2. The van der Waals surface area contributed by atoms with Gasteiger partial charge in [0.25, 0.3) is 0 Å². The topological polar surface area (TPSA) is 62.0 Å². The fraction of sp³-hybridized carbons (Fsp3) is 0.450. The van der Waals surface area contributed by atoms with Crippen LogP contribution in [0.25, 0.3) is 0 Å². The number of guanidine groups is 1. The normalized spacial score (nSPS) is 12.7. The first-order valence-electron chi connectivity index (χ1n) is 8.96. The molecule has 2 N–H and O–H groups in total. The second-order valence-electron chi connectivity index (χ2n) is 6.44. The average molecular weight is 358 g/mol. The summed E-state index contributed by atoms with van der Waals surface area (Å²) in [6.07, 6.45) is 1.37. The Labute approximate surface area is 156 Å². The first kappa shape index (κ1) is 19.8. The van der Waals surface area contributed by atoms with Gasteiger partial charge in [0.15, 0.2) is 5.96 Å². The van der Waals surface area contributed by atoms with Crippen LogP contribution in [-0.4, -0.2) is 53.4 Å². The molecule has 0 aliphatic heterocycles. The maximum atomic E-state index is 10.2. The molecular weight excluding hydrogens is 328 g/mol. The van der Waals surface area contributed by atoms with Crippen molar-refractivity contribution >= 4 is 5.96 Å². The Morgan fingerprint density at radius 1 is 1.35 bits per heavy atom. The molecule has 6 nitrogen and oxygen atoms in total. The second kappa shape index (κ2) is 9.87. The Morgan fingerprint density at radius 2 is 2.15 bits per heavy atom. The van der Waals surface area contributed by atoms with Gasteiger partial charge >= 0.3 is 0 Å². The van der Waals surface area contributed by atoms with E-state index in [0.29, 0.717) is 0 Å². The number of hydrogen-bond donors (Lipinski definition) is 2. The van der Waals surface area contributed by atoms with Crippen LogP contribution in [0.1, 0.15) is 18.2 Å². The van der Waals surface area contributed by atoms with Gasteiger partial charge < -0.3 is 24.6 Å². The quantitative estimate of drug-likeness (QED) is 0.561. The molecule has 142 valence electrons. The molecule has 0 spiro atoms. The van der Waals surface area contributed by atoms with Crippen LogP contribution >= 0.6 is 0 Å². The number of nitrogens with one attached hydrogen (secondary N) is 1. The van der Waals surface area contributed by atoms with Gasteiger partial charge in [0.2, 0.25) is 0 Å². The number of benzene rings is 1. The summed E-state index contributed by atoms with van der Waals surface area (Å²) in [4.78, 5) is 6.59. The Balaban J connectivity index is 1.89. The van der Waals surface area contributed by atoms with Gasteiger partial charge in [0, 0.05) is 32.5 Å². The molecule has 0 bridgehead atoms. The van der Waals surface area contributed by atoms with Crippen LogP contribution < -0.4 is 10.1 Å². The zero-order valence-electron chi connectivity index (χ0n) is 16.1. The van der Waals surface area contributed by atoms with Gasteiger partial charge in [-0.3, -0.25) is 4.99 Å². The van der Waals surface area contributed by atoms with Crippen molar-refractivity contribution in [1.82, 2.24) is 14.8 Å². The van der Waals surface area contributed by atoms with E-state index in [2.05, 4.69) is 20.9 Å². The summed E-state index contributed by atoms with van der Waals surface area (Å²) < 4.78 is 7.73. The Kier molecular flexibility index (Phi) is 7.53. The summed E-state index contributed by atoms with van der Waals surface area (Å²) in [5, 5.41) is 13.5. The number of aromatic nitrogens is 1. The van der Waals surface area contributed by atoms with Crippen molar-refractivity contribution in [3.05, 3.63) is 53.9 Å². The molecule has 0 amide bonds. The van der Waals surface area contributed by atoms with Crippen molar-refractivity contribution in [3.63, 3.8) is 0 Å². The Morgan fingerprint density at radius 3 is 2.81 bits per heavy atom. The van der Waals surface area contributed by atoms with Crippen molar-refractivity contribution in [1.29, 1.82) is 0 Å². The molecule has 0 fully saturated rings. The second-order valence-corrected chi connectivity index (χ2v) is 6.44. The zero-order valence-corrected chi connectivity index (χ0v) is 16.1. The van der Waals surface area contributed by atoms with E-state index >= 15 is 0 Å². The minimum atomic E-state index is -0.660. The van der Waals surface area contributed by atoms with Gasteiger partial charge in [-0.15, -0.1) is 0 Å². The van der Waals surface area contributed by atoms with Gasteiger partial charge in [-0.25, -0.2) is 0 Å². The van der Waals surface area contributed by atoms with E-state index < -0.39 is 6.10 Å². The summed E-state index contributed by atoms with van der Waals surface area (Å²) in [5.74, 6) is 1.53. The molecular formula is C20H30N4O2. The molecule has 0 radical (unpaired) electrons. The van der Waals surface area contributed by atoms with Gasteiger partial charge in [0.1, 0.15) is 18.5 Å². The maximum Gasteiger partial charge on any atom is 0.194 e. The van der Waals surface area contributed by atoms with E-state index in [0.717, 1.165) is 30.4 Å². The number of aliphatic hydroxyl groups is 1. The van der Waals surface area contributed by atoms with Gasteiger partial charge in [-0.05, 0) is 43.7 Å².